The molecule has 1 atom stereocenters. The first-order valence-electron chi connectivity index (χ1n) is 8.24. The van der Waals surface area contributed by atoms with Gasteiger partial charge in [0.1, 0.15) is 5.69 Å². The third kappa shape index (κ3) is 5.16. The van der Waals surface area contributed by atoms with E-state index < -0.39 is 0 Å². The summed E-state index contributed by atoms with van der Waals surface area (Å²) in [5.41, 5.74) is 1.50. The maximum Gasteiger partial charge on any atom is 0.271 e. The van der Waals surface area contributed by atoms with E-state index in [1.807, 2.05) is 13.0 Å². The van der Waals surface area contributed by atoms with E-state index in [1.54, 1.807) is 0 Å². The van der Waals surface area contributed by atoms with Gasteiger partial charge in [-0.3, -0.25) is 9.89 Å². The van der Waals surface area contributed by atoms with Gasteiger partial charge < -0.3 is 10.2 Å². The molecule has 118 valence electrons. The van der Waals surface area contributed by atoms with Crippen LogP contribution in [0.4, 0.5) is 0 Å². The van der Waals surface area contributed by atoms with E-state index >= 15 is 0 Å². The number of aromatic nitrogens is 2. The van der Waals surface area contributed by atoms with Crippen molar-refractivity contribution in [1.29, 1.82) is 0 Å². The van der Waals surface area contributed by atoms with Crippen LogP contribution in [0.2, 0.25) is 0 Å². The topological polar surface area (TPSA) is 61.0 Å². The highest BCUT2D eigenvalue weighted by Crippen LogP contribution is 2.15. The molecular weight excluding hydrogens is 264 g/mol. The van der Waals surface area contributed by atoms with Crippen LogP contribution in [-0.2, 0) is 6.42 Å². The Labute approximate surface area is 127 Å². The molecule has 1 aromatic heterocycles. The lowest BCUT2D eigenvalue weighted by Gasteiger charge is -2.30. The molecule has 21 heavy (non-hydrogen) atoms. The van der Waals surface area contributed by atoms with Gasteiger partial charge in [0.05, 0.1) is 0 Å². The van der Waals surface area contributed by atoms with Gasteiger partial charge in [-0.1, -0.05) is 13.8 Å². The Morgan fingerprint density at radius 3 is 3.10 bits per heavy atom. The quantitative estimate of drug-likeness (QED) is 0.758. The summed E-state index contributed by atoms with van der Waals surface area (Å²) >= 11 is 0. The number of unbranched alkanes of at least 4 members (excludes halogenated alkanes) is 1. The van der Waals surface area contributed by atoms with Gasteiger partial charge in [0.15, 0.2) is 0 Å². The average molecular weight is 292 g/mol. The van der Waals surface area contributed by atoms with Crippen molar-refractivity contribution in [3.05, 3.63) is 17.5 Å². The van der Waals surface area contributed by atoms with Crippen LogP contribution >= 0.6 is 0 Å². The third-order valence-corrected chi connectivity index (χ3v) is 4.17. The maximum atomic E-state index is 11.9. The summed E-state index contributed by atoms with van der Waals surface area (Å²) in [6, 6.07) is 1.82. The molecule has 1 aromatic rings. The minimum absolute atomic E-state index is 0.0717. The number of carbonyl (C=O) groups is 1. The highest BCUT2D eigenvalue weighted by Gasteiger charge is 2.15. The van der Waals surface area contributed by atoms with Crippen molar-refractivity contribution in [2.24, 2.45) is 5.92 Å². The predicted octanol–water partition coefficient (Wildman–Crippen LogP) is 2.21. The van der Waals surface area contributed by atoms with E-state index in [4.69, 9.17) is 0 Å². The van der Waals surface area contributed by atoms with E-state index in [0.717, 1.165) is 44.0 Å². The number of H-pyrrole nitrogens is 1. The van der Waals surface area contributed by atoms with E-state index in [-0.39, 0.29) is 5.91 Å². The Balaban J connectivity index is 1.58. The first kappa shape index (κ1) is 16.0. The van der Waals surface area contributed by atoms with E-state index in [2.05, 4.69) is 27.3 Å². The average Bonchev–Trinajstić information content (AvgIpc) is 2.96. The van der Waals surface area contributed by atoms with Crippen LogP contribution < -0.4 is 5.32 Å². The molecule has 1 aliphatic rings. The second-order valence-electron chi connectivity index (χ2n) is 6.14. The van der Waals surface area contributed by atoms with Gasteiger partial charge in [-0.15, -0.1) is 0 Å². The Kier molecular flexibility index (Phi) is 6.23. The molecule has 2 N–H and O–H groups in total. The zero-order valence-electron chi connectivity index (χ0n) is 13.3. The van der Waals surface area contributed by atoms with Gasteiger partial charge in [-0.25, -0.2) is 0 Å². The summed E-state index contributed by atoms with van der Waals surface area (Å²) in [5.74, 6) is 0.767. The molecule has 5 heteroatoms. The molecule has 1 saturated heterocycles. The Morgan fingerprint density at radius 2 is 2.38 bits per heavy atom. The first-order valence-corrected chi connectivity index (χ1v) is 8.24. The number of amides is 1. The van der Waals surface area contributed by atoms with Crippen molar-refractivity contribution in [3.63, 3.8) is 0 Å². The summed E-state index contributed by atoms with van der Waals surface area (Å²) < 4.78 is 0. The molecule has 2 rings (SSSR count). The number of likely N-dealkylation sites (tertiary alicyclic amines) is 1. The number of nitrogens with zero attached hydrogens (tertiary/aromatic N) is 2. The molecule has 2 heterocycles. The number of piperidine rings is 1. The first-order chi connectivity index (χ1) is 10.2. The monoisotopic (exact) mass is 292 g/mol. The Hall–Kier alpha value is -1.36. The largest absolute Gasteiger partial charge is 0.351 e. The molecule has 1 amide bonds. The highest BCUT2D eigenvalue weighted by molar-refractivity contribution is 5.92. The van der Waals surface area contributed by atoms with Crippen LogP contribution in [0.1, 0.15) is 55.7 Å². The van der Waals surface area contributed by atoms with Crippen LogP contribution in [0.3, 0.4) is 0 Å². The SMILES string of the molecule is CCc1cc(C(=O)NCCCCN2CCCC(C)C2)n[nH]1. The summed E-state index contributed by atoms with van der Waals surface area (Å²) in [6.45, 7) is 8.74. The number of carbonyl (C=O) groups excluding carboxylic acids is 1. The fourth-order valence-electron chi connectivity index (χ4n) is 2.90. The number of aryl methyl sites for hydroxylation is 1. The van der Waals surface area contributed by atoms with Crippen molar-refractivity contribution >= 4 is 5.91 Å². The fourth-order valence-corrected chi connectivity index (χ4v) is 2.90. The van der Waals surface area contributed by atoms with Crippen molar-refractivity contribution < 1.29 is 4.79 Å². The van der Waals surface area contributed by atoms with Crippen molar-refractivity contribution in [2.75, 3.05) is 26.2 Å². The number of nitrogens with one attached hydrogen (secondary N) is 2. The van der Waals surface area contributed by atoms with Crippen molar-refractivity contribution in [3.8, 4) is 0 Å². The lowest BCUT2D eigenvalue weighted by Crippen LogP contribution is -2.35. The summed E-state index contributed by atoms with van der Waals surface area (Å²) in [4.78, 5) is 14.4. The van der Waals surface area contributed by atoms with Crippen LogP contribution in [0.25, 0.3) is 0 Å². The van der Waals surface area contributed by atoms with Crippen molar-refractivity contribution in [1.82, 2.24) is 20.4 Å². The van der Waals surface area contributed by atoms with Gasteiger partial charge >= 0.3 is 0 Å². The maximum absolute atomic E-state index is 11.9. The molecule has 5 nitrogen and oxygen atoms in total. The molecule has 0 bridgehead atoms. The molecule has 0 aliphatic carbocycles. The molecule has 1 unspecified atom stereocenters. The van der Waals surface area contributed by atoms with E-state index in [9.17, 15) is 4.79 Å². The Bertz CT molecular complexity index is 443. The summed E-state index contributed by atoms with van der Waals surface area (Å²) in [6.07, 6.45) is 5.75. The van der Waals surface area contributed by atoms with Crippen LogP contribution in [0.15, 0.2) is 6.07 Å². The number of rotatable bonds is 7. The molecule has 0 spiro atoms. The number of hydrogen-bond donors (Lipinski definition) is 2. The van der Waals surface area contributed by atoms with Gasteiger partial charge in [0.2, 0.25) is 0 Å². The molecule has 1 fully saturated rings. The van der Waals surface area contributed by atoms with E-state index in [0.29, 0.717) is 5.69 Å². The van der Waals surface area contributed by atoms with Gasteiger partial charge in [-0.2, -0.15) is 5.10 Å². The molecule has 0 radical (unpaired) electrons. The van der Waals surface area contributed by atoms with Gasteiger partial charge in [0.25, 0.3) is 5.91 Å². The molecule has 0 aromatic carbocycles. The Morgan fingerprint density at radius 1 is 1.52 bits per heavy atom. The molecule has 1 aliphatic heterocycles. The van der Waals surface area contributed by atoms with Gasteiger partial charge in [0, 0.05) is 18.8 Å². The molecular formula is C16H28N4O. The summed E-state index contributed by atoms with van der Waals surface area (Å²) in [7, 11) is 0. The van der Waals surface area contributed by atoms with Crippen LogP contribution in [0.5, 0.6) is 0 Å². The predicted molar refractivity (Wildman–Crippen MR) is 84.4 cm³/mol. The second kappa shape index (κ2) is 8.17. The van der Waals surface area contributed by atoms with Gasteiger partial charge in [-0.05, 0) is 57.2 Å². The number of hydrogen-bond acceptors (Lipinski definition) is 3. The fraction of sp³-hybridized carbons (Fsp3) is 0.750. The smallest absolute Gasteiger partial charge is 0.271 e. The summed E-state index contributed by atoms with van der Waals surface area (Å²) in [5, 5.41) is 9.83. The highest BCUT2D eigenvalue weighted by atomic mass is 16.1. The zero-order chi connectivity index (χ0) is 15.1. The number of aromatic amines is 1. The lowest BCUT2D eigenvalue weighted by atomic mass is 10.0. The van der Waals surface area contributed by atoms with Crippen LogP contribution in [0, 0.1) is 5.92 Å². The minimum Gasteiger partial charge on any atom is -0.351 e. The zero-order valence-corrected chi connectivity index (χ0v) is 13.3. The molecule has 0 saturated carbocycles. The lowest BCUT2D eigenvalue weighted by molar-refractivity contribution is 0.0947. The van der Waals surface area contributed by atoms with E-state index in [1.165, 1.54) is 25.9 Å². The second-order valence-corrected chi connectivity index (χ2v) is 6.14. The minimum atomic E-state index is -0.0717. The third-order valence-electron chi connectivity index (χ3n) is 4.17. The standard InChI is InChI=1S/C16H28N4O/c1-3-14-11-15(19-18-14)16(21)17-8-4-5-9-20-10-6-7-13(2)12-20/h11,13H,3-10,12H2,1-2H3,(H,17,21)(H,18,19). The van der Waals surface area contributed by atoms with Crippen LogP contribution in [-0.4, -0.2) is 47.2 Å². The normalized spacial score (nSPS) is 19.6. The van der Waals surface area contributed by atoms with Crippen molar-refractivity contribution in [2.45, 2.75) is 46.0 Å².